The second-order valence-electron chi connectivity index (χ2n) is 6.83. The minimum Gasteiger partial charge on any atom is -0.379 e. The lowest BCUT2D eigenvalue weighted by molar-refractivity contribution is -0.116. The number of hydrogen-bond acceptors (Lipinski definition) is 6. The summed E-state index contributed by atoms with van der Waals surface area (Å²) in [6.45, 7) is 4.31. The Labute approximate surface area is 161 Å². The Balaban J connectivity index is 1.63. The zero-order chi connectivity index (χ0) is 19.7. The predicted molar refractivity (Wildman–Crippen MR) is 107 cm³/mol. The summed E-state index contributed by atoms with van der Waals surface area (Å²) in [7, 11) is 0. The number of anilines is 2. The summed E-state index contributed by atoms with van der Waals surface area (Å²) >= 11 is 0. The van der Waals surface area contributed by atoms with Crippen molar-refractivity contribution in [2.24, 2.45) is 0 Å². The van der Waals surface area contributed by atoms with Crippen LogP contribution in [0.1, 0.15) is 25.3 Å². The van der Waals surface area contributed by atoms with Crippen molar-refractivity contribution in [3.05, 3.63) is 54.1 Å². The van der Waals surface area contributed by atoms with E-state index >= 15 is 0 Å². The molecule has 0 radical (unpaired) electrons. The molecule has 0 saturated carbocycles. The topological polar surface area (TPSA) is 112 Å². The molecule has 0 bridgehead atoms. The first-order chi connectivity index (χ1) is 13.5. The van der Waals surface area contributed by atoms with E-state index in [0.29, 0.717) is 17.4 Å². The van der Waals surface area contributed by atoms with Gasteiger partial charge in [-0.2, -0.15) is 0 Å². The summed E-state index contributed by atoms with van der Waals surface area (Å²) < 4.78 is 6.46. The SMILES string of the molecule is CC(C)c1ccc(NC(=O)Cn2c(-c3nonc3N)nc3ccccc32)cc1. The number of nitrogen functional groups attached to an aromatic ring is 1. The number of fused-ring (bicyclic) bond motifs is 1. The van der Waals surface area contributed by atoms with Crippen molar-refractivity contribution < 1.29 is 9.42 Å². The zero-order valence-electron chi connectivity index (χ0n) is 15.6. The van der Waals surface area contributed by atoms with Crippen molar-refractivity contribution in [3.63, 3.8) is 0 Å². The number of nitrogens with zero attached hydrogens (tertiary/aromatic N) is 4. The third-order valence-electron chi connectivity index (χ3n) is 4.54. The summed E-state index contributed by atoms with van der Waals surface area (Å²) in [6, 6.07) is 15.4. The Morgan fingerprint density at radius 1 is 1.14 bits per heavy atom. The van der Waals surface area contributed by atoms with E-state index in [1.165, 1.54) is 5.56 Å². The number of nitrogens with two attached hydrogens (primary N) is 1. The van der Waals surface area contributed by atoms with Gasteiger partial charge < -0.3 is 15.6 Å². The number of rotatable bonds is 5. The van der Waals surface area contributed by atoms with E-state index in [1.807, 2.05) is 48.5 Å². The highest BCUT2D eigenvalue weighted by atomic mass is 16.6. The van der Waals surface area contributed by atoms with Gasteiger partial charge in [0.25, 0.3) is 0 Å². The van der Waals surface area contributed by atoms with Gasteiger partial charge in [0.1, 0.15) is 6.54 Å². The van der Waals surface area contributed by atoms with Crippen LogP contribution >= 0.6 is 0 Å². The number of aromatic nitrogens is 4. The number of carbonyl (C=O) groups excluding carboxylic acids is 1. The maximum atomic E-state index is 12.7. The average Bonchev–Trinajstić information content (AvgIpc) is 3.25. The van der Waals surface area contributed by atoms with Crippen LogP contribution in [0.5, 0.6) is 0 Å². The molecule has 2 aromatic heterocycles. The number of amides is 1. The maximum Gasteiger partial charge on any atom is 0.244 e. The molecule has 4 rings (SSSR count). The van der Waals surface area contributed by atoms with Crippen molar-refractivity contribution in [1.29, 1.82) is 0 Å². The Morgan fingerprint density at radius 3 is 2.57 bits per heavy atom. The lowest BCUT2D eigenvalue weighted by Gasteiger charge is -2.10. The normalized spacial score (nSPS) is 11.2. The summed E-state index contributed by atoms with van der Waals surface area (Å²) in [5.74, 6) is 0.814. The van der Waals surface area contributed by atoms with Crippen molar-refractivity contribution in [2.45, 2.75) is 26.3 Å². The lowest BCUT2D eigenvalue weighted by atomic mass is 10.0. The Bertz CT molecular complexity index is 1130. The first kappa shape index (κ1) is 17.7. The van der Waals surface area contributed by atoms with Crippen LogP contribution in [0.15, 0.2) is 53.2 Å². The highest BCUT2D eigenvalue weighted by molar-refractivity contribution is 5.92. The monoisotopic (exact) mass is 376 g/mol. The van der Waals surface area contributed by atoms with Gasteiger partial charge in [0.15, 0.2) is 17.3 Å². The van der Waals surface area contributed by atoms with Crippen molar-refractivity contribution >= 4 is 28.4 Å². The lowest BCUT2D eigenvalue weighted by Crippen LogP contribution is -2.19. The fourth-order valence-corrected chi connectivity index (χ4v) is 3.06. The number of benzene rings is 2. The fourth-order valence-electron chi connectivity index (χ4n) is 3.06. The van der Waals surface area contributed by atoms with E-state index < -0.39 is 0 Å². The third-order valence-corrected chi connectivity index (χ3v) is 4.54. The molecule has 0 aliphatic heterocycles. The molecule has 0 saturated heterocycles. The van der Waals surface area contributed by atoms with Gasteiger partial charge >= 0.3 is 0 Å². The average molecular weight is 376 g/mol. The number of nitrogens with one attached hydrogen (secondary N) is 1. The number of imidazole rings is 1. The molecule has 142 valence electrons. The van der Waals surface area contributed by atoms with E-state index in [-0.39, 0.29) is 18.3 Å². The quantitative estimate of drug-likeness (QED) is 0.552. The van der Waals surface area contributed by atoms with Crippen LogP contribution in [-0.4, -0.2) is 25.8 Å². The molecule has 0 fully saturated rings. The summed E-state index contributed by atoms with van der Waals surface area (Å²) in [5, 5.41) is 10.4. The Morgan fingerprint density at radius 2 is 1.89 bits per heavy atom. The molecule has 0 atom stereocenters. The molecule has 0 aliphatic rings. The van der Waals surface area contributed by atoms with Crippen LogP contribution < -0.4 is 11.1 Å². The van der Waals surface area contributed by atoms with Crippen molar-refractivity contribution in [1.82, 2.24) is 19.9 Å². The molecule has 2 heterocycles. The number of para-hydroxylation sites is 2. The number of carbonyl (C=O) groups is 1. The third kappa shape index (κ3) is 3.32. The summed E-state index contributed by atoms with van der Waals surface area (Å²) in [4.78, 5) is 17.2. The molecule has 0 aliphatic carbocycles. The molecule has 28 heavy (non-hydrogen) atoms. The fraction of sp³-hybridized carbons (Fsp3) is 0.200. The van der Waals surface area contributed by atoms with Gasteiger partial charge in [0, 0.05) is 5.69 Å². The molecule has 3 N–H and O–H groups in total. The highest BCUT2D eigenvalue weighted by Gasteiger charge is 2.20. The predicted octanol–water partition coefficient (Wildman–Crippen LogP) is 3.43. The van der Waals surface area contributed by atoms with Crippen molar-refractivity contribution in [2.75, 3.05) is 11.1 Å². The van der Waals surface area contributed by atoms with Crippen LogP contribution in [-0.2, 0) is 11.3 Å². The summed E-state index contributed by atoms with van der Waals surface area (Å²) in [5.41, 5.74) is 9.63. The van der Waals surface area contributed by atoms with Crippen molar-refractivity contribution in [3.8, 4) is 11.5 Å². The van der Waals surface area contributed by atoms with E-state index in [1.54, 1.807) is 4.57 Å². The van der Waals surface area contributed by atoms with Gasteiger partial charge in [-0.05, 0) is 46.1 Å². The van der Waals surface area contributed by atoms with Gasteiger partial charge in [-0.1, -0.05) is 38.1 Å². The second-order valence-corrected chi connectivity index (χ2v) is 6.83. The zero-order valence-corrected chi connectivity index (χ0v) is 15.6. The minimum atomic E-state index is -0.184. The first-order valence-electron chi connectivity index (χ1n) is 8.96. The molecule has 8 heteroatoms. The Kier molecular flexibility index (Phi) is 4.52. The second kappa shape index (κ2) is 7.15. The maximum absolute atomic E-state index is 12.7. The molecule has 8 nitrogen and oxygen atoms in total. The van der Waals surface area contributed by atoms with Gasteiger partial charge in [-0.15, -0.1) is 0 Å². The van der Waals surface area contributed by atoms with E-state index in [0.717, 1.165) is 16.7 Å². The van der Waals surface area contributed by atoms with Crippen LogP contribution in [0, 0.1) is 0 Å². The molecule has 1 amide bonds. The standard InChI is InChI=1S/C20H20N6O2/c1-12(2)13-7-9-14(10-8-13)22-17(27)11-26-16-6-4-3-5-15(16)23-20(26)18-19(21)25-28-24-18/h3-10,12H,11H2,1-2H3,(H2,21,25)(H,22,27). The minimum absolute atomic E-state index is 0.0497. The molecular formula is C20H20N6O2. The van der Waals surface area contributed by atoms with E-state index in [4.69, 9.17) is 10.4 Å². The number of hydrogen-bond donors (Lipinski definition) is 2. The molecule has 2 aromatic carbocycles. The Hall–Kier alpha value is -3.68. The molecule has 4 aromatic rings. The van der Waals surface area contributed by atoms with Gasteiger partial charge in [-0.3, -0.25) is 4.79 Å². The van der Waals surface area contributed by atoms with Gasteiger partial charge in [0.05, 0.1) is 11.0 Å². The molecular weight excluding hydrogens is 356 g/mol. The van der Waals surface area contributed by atoms with Crippen LogP contribution in [0.3, 0.4) is 0 Å². The largest absolute Gasteiger partial charge is 0.379 e. The van der Waals surface area contributed by atoms with Crippen LogP contribution in [0.2, 0.25) is 0 Å². The van der Waals surface area contributed by atoms with Gasteiger partial charge in [-0.25, -0.2) is 9.61 Å². The highest BCUT2D eigenvalue weighted by Crippen LogP contribution is 2.26. The van der Waals surface area contributed by atoms with Crippen LogP contribution in [0.25, 0.3) is 22.6 Å². The molecule has 0 spiro atoms. The van der Waals surface area contributed by atoms with Crippen LogP contribution in [0.4, 0.5) is 11.5 Å². The first-order valence-corrected chi connectivity index (χ1v) is 8.96. The smallest absolute Gasteiger partial charge is 0.244 e. The van der Waals surface area contributed by atoms with E-state index in [9.17, 15) is 4.79 Å². The molecule has 0 unspecified atom stereocenters. The van der Waals surface area contributed by atoms with Gasteiger partial charge in [0.2, 0.25) is 5.91 Å². The summed E-state index contributed by atoms with van der Waals surface area (Å²) in [6.07, 6.45) is 0. The van der Waals surface area contributed by atoms with E-state index in [2.05, 4.69) is 34.5 Å².